The Morgan fingerprint density at radius 1 is 0.976 bits per heavy atom. The summed E-state index contributed by atoms with van der Waals surface area (Å²) in [7, 11) is 0. The van der Waals surface area contributed by atoms with Gasteiger partial charge in [0.1, 0.15) is 6.54 Å². The maximum Gasteiger partial charge on any atom is 0.249 e. The van der Waals surface area contributed by atoms with Crippen molar-refractivity contribution in [3.8, 4) is 22.9 Å². The molecule has 41 heavy (non-hydrogen) atoms. The highest BCUT2D eigenvalue weighted by Gasteiger charge is 2.34. The van der Waals surface area contributed by atoms with Crippen LogP contribution in [-0.2, 0) is 22.7 Å². The van der Waals surface area contributed by atoms with Gasteiger partial charge in [0.15, 0.2) is 17.5 Å². The summed E-state index contributed by atoms with van der Waals surface area (Å²) in [4.78, 5) is 35.3. The number of tetrazole rings is 1. The van der Waals surface area contributed by atoms with Gasteiger partial charge in [-0.15, -0.1) is 10.2 Å². The number of nitrogens with zero attached hydrogens (tertiary/aromatic N) is 6. The van der Waals surface area contributed by atoms with Gasteiger partial charge in [0.25, 0.3) is 0 Å². The fourth-order valence-corrected chi connectivity index (χ4v) is 5.28. The number of ether oxygens (including phenoxy) is 2. The quantitative estimate of drug-likeness (QED) is 0.333. The maximum atomic E-state index is 14.0. The largest absolute Gasteiger partial charge is 0.454 e. The van der Waals surface area contributed by atoms with Crippen LogP contribution >= 0.6 is 0 Å². The molecule has 1 N–H and O–H groups in total. The third kappa shape index (κ3) is 6.19. The van der Waals surface area contributed by atoms with Gasteiger partial charge in [0.2, 0.25) is 24.4 Å². The van der Waals surface area contributed by atoms with Crippen LogP contribution in [0.4, 0.5) is 0 Å². The second-order valence-corrected chi connectivity index (χ2v) is 10.2. The average molecular weight is 554 g/mol. The number of benzene rings is 2. The molecule has 2 aromatic heterocycles. The first kappa shape index (κ1) is 26.4. The lowest BCUT2D eigenvalue weighted by Gasteiger charge is -2.32. The first-order valence-electron chi connectivity index (χ1n) is 13.9. The molecule has 6 rings (SSSR count). The molecule has 11 heteroatoms. The molecule has 210 valence electrons. The number of pyridine rings is 1. The summed E-state index contributed by atoms with van der Waals surface area (Å²) in [6, 6.07) is 19.4. The van der Waals surface area contributed by atoms with Crippen LogP contribution in [0.25, 0.3) is 11.4 Å². The molecule has 2 aromatic carbocycles. The van der Waals surface area contributed by atoms with Crippen molar-refractivity contribution >= 4 is 11.8 Å². The molecule has 2 amide bonds. The monoisotopic (exact) mass is 553 g/mol. The van der Waals surface area contributed by atoms with E-state index in [4.69, 9.17) is 9.47 Å². The molecule has 3 heterocycles. The Balaban J connectivity index is 1.32. The summed E-state index contributed by atoms with van der Waals surface area (Å²) in [6.07, 6.45) is 6.77. The van der Waals surface area contributed by atoms with Gasteiger partial charge in [-0.05, 0) is 47.9 Å². The summed E-state index contributed by atoms with van der Waals surface area (Å²) in [6.45, 7) is 0.0724. The van der Waals surface area contributed by atoms with Crippen LogP contribution in [0.3, 0.4) is 0 Å². The number of hydrogen-bond donors (Lipinski definition) is 1. The highest BCUT2D eigenvalue weighted by Crippen LogP contribution is 2.34. The summed E-state index contributed by atoms with van der Waals surface area (Å²) in [5, 5.41) is 15.9. The molecule has 0 spiro atoms. The lowest BCUT2D eigenvalue weighted by atomic mass is 9.95. The zero-order chi connectivity index (χ0) is 28.0. The van der Waals surface area contributed by atoms with Crippen molar-refractivity contribution in [3.05, 3.63) is 84.2 Å². The molecule has 11 nitrogen and oxygen atoms in total. The molecule has 1 saturated carbocycles. The molecule has 1 aliphatic heterocycles. The van der Waals surface area contributed by atoms with Crippen LogP contribution < -0.4 is 14.8 Å². The summed E-state index contributed by atoms with van der Waals surface area (Å²) in [5.74, 6) is 1.04. The average Bonchev–Trinajstić information content (AvgIpc) is 3.68. The zero-order valence-corrected chi connectivity index (χ0v) is 22.6. The number of fused-ring (bicyclic) bond motifs is 1. The number of carbonyl (C=O) groups excluding carboxylic acids is 2. The minimum atomic E-state index is -0.965. The molecular formula is C30H31N7O4. The Bertz CT molecular complexity index is 1490. The van der Waals surface area contributed by atoms with E-state index in [-0.39, 0.29) is 37.7 Å². The predicted octanol–water partition coefficient (Wildman–Crippen LogP) is 3.68. The SMILES string of the molecule is O=C(NC1CCCCC1)[C@@H](c1ccccn1)N(Cc1ccc2c(c1)OCO2)C(=O)Cn1nnc(-c2ccccc2)n1. The Hall–Kier alpha value is -4.80. The van der Waals surface area contributed by atoms with E-state index >= 15 is 0 Å². The molecule has 2 aliphatic rings. The van der Waals surface area contributed by atoms with E-state index < -0.39 is 6.04 Å². The first-order valence-corrected chi connectivity index (χ1v) is 13.9. The topological polar surface area (TPSA) is 124 Å². The van der Waals surface area contributed by atoms with Crippen molar-refractivity contribution in [2.45, 2.75) is 57.3 Å². The third-order valence-electron chi connectivity index (χ3n) is 7.35. The van der Waals surface area contributed by atoms with Crippen LogP contribution in [0.15, 0.2) is 72.9 Å². The molecule has 1 fully saturated rings. The summed E-state index contributed by atoms with van der Waals surface area (Å²) < 4.78 is 11.0. The Morgan fingerprint density at radius 2 is 1.78 bits per heavy atom. The molecule has 0 saturated heterocycles. The van der Waals surface area contributed by atoms with E-state index in [1.165, 1.54) is 16.1 Å². The molecule has 4 aromatic rings. The molecule has 1 aliphatic carbocycles. The Labute approximate surface area is 237 Å². The number of amides is 2. The number of aromatic nitrogens is 5. The van der Waals surface area contributed by atoms with Gasteiger partial charge in [0.05, 0.1) is 5.69 Å². The zero-order valence-electron chi connectivity index (χ0n) is 22.6. The van der Waals surface area contributed by atoms with E-state index in [1.54, 1.807) is 18.3 Å². The molecule has 0 bridgehead atoms. The second-order valence-electron chi connectivity index (χ2n) is 10.2. The van der Waals surface area contributed by atoms with E-state index in [2.05, 4.69) is 25.7 Å². The smallest absolute Gasteiger partial charge is 0.249 e. The minimum absolute atomic E-state index is 0.0652. The van der Waals surface area contributed by atoms with Crippen LogP contribution in [-0.4, -0.2) is 54.7 Å². The fourth-order valence-electron chi connectivity index (χ4n) is 5.28. The van der Waals surface area contributed by atoms with E-state index in [9.17, 15) is 9.59 Å². The first-order chi connectivity index (χ1) is 20.1. The van der Waals surface area contributed by atoms with Gasteiger partial charge >= 0.3 is 0 Å². The lowest BCUT2D eigenvalue weighted by Crippen LogP contribution is -2.48. The van der Waals surface area contributed by atoms with Crippen molar-refractivity contribution in [3.63, 3.8) is 0 Å². The standard InChI is InChI=1S/C30H31N7O4/c38-27(19-37-34-29(33-35-37)22-9-3-1-4-10-22)36(18-21-14-15-25-26(17-21)41-20-40-25)28(24-13-7-8-16-31-24)30(39)32-23-11-5-2-6-12-23/h1,3-4,7-10,13-17,23,28H,2,5-6,11-12,18-20H2,(H,32,39)/t28-/m1/s1. The van der Waals surface area contributed by atoms with E-state index in [0.717, 1.165) is 36.8 Å². The Morgan fingerprint density at radius 3 is 2.59 bits per heavy atom. The maximum absolute atomic E-state index is 14.0. The van der Waals surface area contributed by atoms with E-state index in [1.807, 2.05) is 54.6 Å². The second kappa shape index (κ2) is 12.2. The van der Waals surface area contributed by atoms with Crippen LogP contribution in [0.5, 0.6) is 11.5 Å². The highest BCUT2D eigenvalue weighted by molar-refractivity contribution is 5.88. The van der Waals surface area contributed by atoms with Crippen LogP contribution in [0.2, 0.25) is 0 Å². The van der Waals surface area contributed by atoms with Gasteiger partial charge in [-0.2, -0.15) is 4.80 Å². The number of carbonyl (C=O) groups is 2. The van der Waals surface area contributed by atoms with Crippen molar-refractivity contribution in [2.24, 2.45) is 0 Å². The fraction of sp³-hybridized carbons (Fsp3) is 0.333. The van der Waals surface area contributed by atoms with Crippen molar-refractivity contribution in [1.29, 1.82) is 0 Å². The van der Waals surface area contributed by atoms with Gasteiger partial charge in [0, 0.05) is 24.3 Å². The third-order valence-corrected chi connectivity index (χ3v) is 7.35. The van der Waals surface area contributed by atoms with Gasteiger partial charge in [-0.25, -0.2) is 0 Å². The molecule has 0 unspecified atom stereocenters. The van der Waals surface area contributed by atoms with Gasteiger partial charge < -0.3 is 19.7 Å². The summed E-state index contributed by atoms with van der Waals surface area (Å²) in [5.41, 5.74) is 2.05. The van der Waals surface area contributed by atoms with Crippen LogP contribution in [0.1, 0.15) is 49.4 Å². The van der Waals surface area contributed by atoms with Crippen molar-refractivity contribution in [1.82, 2.24) is 35.4 Å². The molecule has 0 radical (unpaired) electrons. The van der Waals surface area contributed by atoms with Gasteiger partial charge in [-0.3, -0.25) is 14.6 Å². The number of nitrogens with one attached hydrogen (secondary N) is 1. The normalized spacial score (nSPS) is 15.3. The van der Waals surface area contributed by atoms with Crippen molar-refractivity contribution < 1.29 is 19.1 Å². The van der Waals surface area contributed by atoms with E-state index in [0.29, 0.717) is 23.0 Å². The highest BCUT2D eigenvalue weighted by atomic mass is 16.7. The van der Waals surface area contributed by atoms with Crippen molar-refractivity contribution in [2.75, 3.05) is 6.79 Å². The minimum Gasteiger partial charge on any atom is -0.454 e. The lowest BCUT2D eigenvalue weighted by molar-refractivity contribution is -0.143. The van der Waals surface area contributed by atoms with Gasteiger partial charge in [-0.1, -0.05) is 61.7 Å². The number of rotatable bonds is 9. The Kier molecular flexibility index (Phi) is 7.83. The predicted molar refractivity (Wildman–Crippen MR) is 148 cm³/mol. The summed E-state index contributed by atoms with van der Waals surface area (Å²) >= 11 is 0. The van der Waals surface area contributed by atoms with Crippen LogP contribution in [0, 0.1) is 0 Å². The number of hydrogen-bond acceptors (Lipinski definition) is 8. The molecule has 1 atom stereocenters. The molecular weight excluding hydrogens is 522 g/mol.